The highest BCUT2D eigenvalue weighted by molar-refractivity contribution is 5.55. The van der Waals surface area contributed by atoms with Gasteiger partial charge < -0.3 is 15.3 Å². The summed E-state index contributed by atoms with van der Waals surface area (Å²) in [5.41, 5.74) is 1.48. The second kappa shape index (κ2) is 6.57. The number of rotatable bonds is 6. The molecule has 0 saturated carbocycles. The fourth-order valence-corrected chi connectivity index (χ4v) is 1.96. The molecule has 0 aliphatic heterocycles. The molecule has 0 fully saturated rings. The molecule has 1 rings (SSSR count). The number of aliphatic hydroxyl groups is 1. The zero-order valence-electron chi connectivity index (χ0n) is 10.7. The summed E-state index contributed by atoms with van der Waals surface area (Å²) in [5.74, 6) is -0.247. The summed E-state index contributed by atoms with van der Waals surface area (Å²) < 4.78 is 13.9. The maximum atomic E-state index is 13.9. The number of benzene rings is 1. The number of aliphatic hydroxyl groups excluding tert-OH is 1. The Kier molecular flexibility index (Phi) is 5.38. The highest BCUT2D eigenvalue weighted by Crippen LogP contribution is 2.28. The molecule has 0 spiro atoms. The Morgan fingerprint density at radius 3 is 2.76 bits per heavy atom. The lowest BCUT2D eigenvalue weighted by atomic mass is 10.0. The summed E-state index contributed by atoms with van der Waals surface area (Å²) in [6, 6.07) is 5.17. The minimum Gasteiger partial charge on any atom is -0.395 e. The van der Waals surface area contributed by atoms with Crippen LogP contribution in [-0.2, 0) is 0 Å². The first kappa shape index (κ1) is 13.9. The molecule has 0 aliphatic carbocycles. The first-order valence-electron chi connectivity index (χ1n) is 5.95. The van der Waals surface area contributed by atoms with Crippen LogP contribution in [0.4, 0.5) is 10.1 Å². The quantitative estimate of drug-likeness (QED) is 0.797. The van der Waals surface area contributed by atoms with Crippen molar-refractivity contribution >= 4 is 5.69 Å². The third kappa shape index (κ3) is 3.41. The monoisotopic (exact) mass is 240 g/mol. The summed E-state index contributed by atoms with van der Waals surface area (Å²) >= 11 is 0. The Bertz CT molecular complexity index is 357. The van der Waals surface area contributed by atoms with E-state index in [0.29, 0.717) is 12.2 Å². The van der Waals surface area contributed by atoms with Gasteiger partial charge in [-0.1, -0.05) is 19.1 Å². The Labute approximate surface area is 102 Å². The van der Waals surface area contributed by atoms with E-state index in [4.69, 9.17) is 5.11 Å². The van der Waals surface area contributed by atoms with Crippen LogP contribution in [0.25, 0.3) is 0 Å². The third-order valence-corrected chi connectivity index (χ3v) is 2.81. The normalized spacial score (nSPS) is 12.5. The molecule has 0 aliphatic rings. The molecule has 0 amide bonds. The number of para-hydroxylation sites is 1. The van der Waals surface area contributed by atoms with Gasteiger partial charge >= 0.3 is 0 Å². The largest absolute Gasteiger partial charge is 0.395 e. The molecule has 0 saturated heterocycles. The average Bonchev–Trinajstić information content (AvgIpc) is 2.29. The van der Waals surface area contributed by atoms with Crippen molar-refractivity contribution in [1.29, 1.82) is 0 Å². The SMILES string of the molecule is CCNC(C)c1cccc(F)c1N(C)CCO. The molecule has 3 nitrogen and oxygen atoms in total. The zero-order chi connectivity index (χ0) is 12.8. The summed E-state index contributed by atoms with van der Waals surface area (Å²) in [6.07, 6.45) is 0. The van der Waals surface area contributed by atoms with Crippen molar-refractivity contribution < 1.29 is 9.50 Å². The molecular weight excluding hydrogens is 219 g/mol. The minimum atomic E-state index is -0.247. The second-order valence-electron chi connectivity index (χ2n) is 4.10. The van der Waals surface area contributed by atoms with E-state index in [1.807, 2.05) is 19.9 Å². The molecule has 1 unspecified atom stereocenters. The number of hydrogen-bond acceptors (Lipinski definition) is 3. The molecule has 96 valence electrons. The lowest BCUT2D eigenvalue weighted by Crippen LogP contribution is -2.26. The van der Waals surface area contributed by atoms with E-state index in [1.165, 1.54) is 6.07 Å². The van der Waals surface area contributed by atoms with E-state index >= 15 is 0 Å². The number of likely N-dealkylation sites (N-methyl/N-ethyl adjacent to an activating group) is 1. The van der Waals surface area contributed by atoms with Crippen molar-refractivity contribution in [3.05, 3.63) is 29.6 Å². The molecule has 0 bridgehead atoms. The van der Waals surface area contributed by atoms with Crippen LogP contribution >= 0.6 is 0 Å². The molecule has 2 N–H and O–H groups in total. The lowest BCUT2D eigenvalue weighted by Gasteiger charge is -2.25. The van der Waals surface area contributed by atoms with Crippen LogP contribution in [0.15, 0.2) is 18.2 Å². The van der Waals surface area contributed by atoms with Crippen molar-refractivity contribution in [2.24, 2.45) is 0 Å². The Balaban J connectivity index is 3.07. The van der Waals surface area contributed by atoms with Crippen molar-refractivity contribution in [2.75, 3.05) is 31.6 Å². The van der Waals surface area contributed by atoms with Gasteiger partial charge in [-0.05, 0) is 25.1 Å². The zero-order valence-corrected chi connectivity index (χ0v) is 10.7. The maximum absolute atomic E-state index is 13.9. The highest BCUT2D eigenvalue weighted by Gasteiger charge is 2.16. The Morgan fingerprint density at radius 2 is 2.18 bits per heavy atom. The fraction of sp³-hybridized carbons (Fsp3) is 0.538. The summed E-state index contributed by atoms with van der Waals surface area (Å²) in [5, 5.41) is 12.2. The number of nitrogens with zero attached hydrogens (tertiary/aromatic N) is 1. The number of anilines is 1. The number of halogens is 1. The molecule has 4 heteroatoms. The molecular formula is C13H21FN2O. The lowest BCUT2D eigenvalue weighted by molar-refractivity contribution is 0.303. The van der Waals surface area contributed by atoms with Crippen LogP contribution in [-0.4, -0.2) is 31.9 Å². The van der Waals surface area contributed by atoms with Gasteiger partial charge in [0.15, 0.2) is 0 Å². The van der Waals surface area contributed by atoms with E-state index < -0.39 is 0 Å². The standard InChI is InChI=1S/C13H21FN2O/c1-4-15-10(2)11-6-5-7-12(14)13(11)16(3)8-9-17/h5-7,10,15,17H,4,8-9H2,1-3H3. The summed E-state index contributed by atoms with van der Waals surface area (Å²) in [6.45, 7) is 5.30. The van der Waals surface area contributed by atoms with Gasteiger partial charge in [-0.25, -0.2) is 4.39 Å². The summed E-state index contributed by atoms with van der Waals surface area (Å²) in [4.78, 5) is 1.75. The van der Waals surface area contributed by atoms with Gasteiger partial charge in [0, 0.05) is 19.6 Å². The highest BCUT2D eigenvalue weighted by atomic mass is 19.1. The first-order valence-corrected chi connectivity index (χ1v) is 5.95. The van der Waals surface area contributed by atoms with Gasteiger partial charge in [0.2, 0.25) is 0 Å². The Hall–Kier alpha value is -1.13. The van der Waals surface area contributed by atoms with E-state index in [2.05, 4.69) is 5.32 Å². The number of hydrogen-bond donors (Lipinski definition) is 2. The fourth-order valence-electron chi connectivity index (χ4n) is 1.96. The van der Waals surface area contributed by atoms with Gasteiger partial charge in [-0.3, -0.25) is 0 Å². The van der Waals surface area contributed by atoms with Crippen LogP contribution in [0, 0.1) is 5.82 Å². The van der Waals surface area contributed by atoms with E-state index in [-0.39, 0.29) is 18.5 Å². The molecule has 17 heavy (non-hydrogen) atoms. The van der Waals surface area contributed by atoms with Crippen LogP contribution in [0.2, 0.25) is 0 Å². The van der Waals surface area contributed by atoms with Crippen LogP contribution in [0.5, 0.6) is 0 Å². The van der Waals surface area contributed by atoms with Gasteiger partial charge in [0.05, 0.1) is 12.3 Å². The summed E-state index contributed by atoms with van der Waals surface area (Å²) in [7, 11) is 1.79. The second-order valence-corrected chi connectivity index (χ2v) is 4.10. The van der Waals surface area contributed by atoms with Gasteiger partial charge in [0.25, 0.3) is 0 Å². The molecule has 1 aromatic carbocycles. The van der Waals surface area contributed by atoms with E-state index in [9.17, 15) is 4.39 Å². The van der Waals surface area contributed by atoms with Crippen molar-refractivity contribution in [3.8, 4) is 0 Å². The topological polar surface area (TPSA) is 35.5 Å². The van der Waals surface area contributed by atoms with E-state index in [1.54, 1.807) is 18.0 Å². The molecule has 1 aromatic rings. The van der Waals surface area contributed by atoms with Crippen molar-refractivity contribution in [2.45, 2.75) is 19.9 Å². The van der Waals surface area contributed by atoms with E-state index in [0.717, 1.165) is 12.1 Å². The van der Waals surface area contributed by atoms with Gasteiger partial charge in [-0.2, -0.15) is 0 Å². The molecule has 0 radical (unpaired) electrons. The molecule has 0 heterocycles. The molecule has 1 atom stereocenters. The Morgan fingerprint density at radius 1 is 1.47 bits per heavy atom. The van der Waals surface area contributed by atoms with Crippen molar-refractivity contribution in [1.82, 2.24) is 5.32 Å². The first-order chi connectivity index (χ1) is 8.11. The predicted molar refractivity (Wildman–Crippen MR) is 68.8 cm³/mol. The van der Waals surface area contributed by atoms with Crippen LogP contribution < -0.4 is 10.2 Å². The van der Waals surface area contributed by atoms with Crippen LogP contribution in [0.1, 0.15) is 25.5 Å². The predicted octanol–water partition coefficient (Wildman–Crippen LogP) is 1.92. The van der Waals surface area contributed by atoms with Gasteiger partial charge in [-0.15, -0.1) is 0 Å². The molecule has 0 aromatic heterocycles. The average molecular weight is 240 g/mol. The minimum absolute atomic E-state index is 0.0138. The maximum Gasteiger partial charge on any atom is 0.146 e. The smallest absolute Gasteiger partial charge is 0.146 e. The van der Waals surface area contributed by atoms with Crippen molar-refractivity contribution in [3.63, 3.8) is 0 Å². The van der Waals surface area contributed by atoms with Gasteiger partial charge in [0.1, 0.15) is 5.82 Å². The third-order valence-electron chi connectivity index (χ3n) is 2.81. The number of nitrogens with one attached hydrogen (secondary N) is 1. The van der Waals surface area contributed by atoms with Crippen LogP contribution in [0.3, 0.4) is 0 Å².